The van der Waals surface area contributed by atoms with Crippen molar-refractivity contribution in [3.8, 4) is 108 Å². The number of nitrogens with zero attached hydrogens (tertiary/aromatic N) is 4. The first kappa shape index (κ1) is 117. The molecular formula is C103H129B4Br4ILiN4O9Si4. The number of halogens is 5. The van der Waals surface area contributed by atoms with Crippen molar-refractivity contribution in [3.63, 3.8) is 0 Å². The van der Waals surface area contributed by atoms with Crippen LogP contribution in [0.1, 0.15) is 128 Å². The predicted octanol–water partition coefficient (Wildman–Crippen LogP) is 23.6. The van der Waals surface area contributed by atoms with Crippen molar-refractivity contribution in [2.45, 2.75) is 211 Å². The normalized spacial score (nSPS) is 13.2. The zero-order chi connectivity index (χ0) is 94.1. The smallest absolute Gasteiger partial charge is 0.537 e. The number of hydrogen-bond acceptors (Lipinski definition) is 13. The van der Waals surface area contributed by atoms with Gasteiger partial charge in [0, 0.05) is 72.7 Å². The van der Waals surface area contributed by atoms with Crippen molar-refractivity contribution in [1.82, 2.24) is 19.9 Å². The maximum absolute atomic E-state index is 8.68. The van der Waals surface area contributed by atoms with Crippen LogP contribution < -0.4 is 34.4 Å². The number of unbranched alkanes of at least 4 members (excludes halogenated alkanes) is 1. The number of pyridine rings is 4. The second-order valence-corrected chi connectivity index (χ2v) is 59.9. The molecule has 0 unspecified atom stereocenters. The SMILES string of the molecule is Brc1cc(I)ccn1.C.C.CC(C)OB1OC(C)(C)C(C)(C)O1.CC1(C)OB(c2cccc(-c3cc(-c4ccc(C#C[Si](C)(C)C)cc4)ccn3)c2)OC1(C)C.C[Si](C)(C)C#Cc1ccc(-c2ccnc(-c3cccc(Br)c3)c2)cc1.C[Si](C)(C)C#Cc1ccc(-c2ccnc(Br)c2)cc1.C[Si](C)(C)C#Cc1ccc(O[B]O)cc1.OB(O)c1cccc(Br)c1.[2HH].[CH2-]CCC.[Li+]. The third-order valence-electron chi connectivity index (χ3n) is 18.9. The first-order valence-electron chi connectivity index (χ1n) is 42.1. The van der Waals surface area contributed by atoms with Gasteiger partial charge in [-0.05, 0) is 307 Å². The summed E-state index contributed by atoms with van der Waals surface area (Å²) in [5.41, 5.74) is 28.9. The van der Waals surface area contributed by atoms with E-state index in [-0.39, 0.29) is 70.8 Å². The summed E-state index contributed by atoms with van der Waals surface area (Å²) in [4.78, 5) is 17.2. The molecule has 7 aromatic carbocycles. The molecule has 0 atom stereocenters. The van der Waals surface area contributed by atoms with E-state index >= 15 is 0 Å². The van der Waals surface area contributed by atoms with Crippen molar-refractivity contribution in [1.29, 1.82) is 0 Å². The van der Waals surface area contributed by atoms with Crippen LogP contribution >= 0.6 is 86.3 Å². The Morgan fingerprint density at radius 2 is 0.785 bits per heavy atom. The molecule has 0 saturated carbocycles. The molecule has 2 aliphatic rings. The van der Waals surface area contributed by atoms with Crippen LogP contribution in [0.2, 0.25) is 78.6 Å². The first-order chi connectivity index (χ1) is 59.4. The fourth-order valence-electron chi connectivity index (χ4n) is 10.7. The molecule has 27 heteroatoms. The maximum atomic E-state index is 8.68. The average molecular weight is 2180 g/mol. The molecule has 6 heterocycles. The van der Waals surface area contributed by atoms with Gasteiger partial charge in [-0.15, -0.1) is 22.2 Å². The van der Waals surface area contributed by atoms with Gasteiger partial charge in [0.05, 0.1) is 33.8 Å². The van der Waals surface area contributed by atoms with E-state index in [1.165, 1.54) is 21.1 Å². The van der Waals surface area contributed by atoms with E-state index < -0.39 is 46.7 Å². The van der Waals surface area contributed by atoms with E-state index in [4.69, 9.17) is 43.0 Å². The van der Waals surface area contributed by atoms with Crippen molar-refractivity contribution >= 4 is 159 Å². The number of aromatic nitrogens is 4. The van der Waals surface area contributed by atoms with Gasteiger partial charge in [-0.25, -0.2) is 9.97 Å². The molecule has 4 aromatic heterocycles. The van der Waals surface area contributed by atoms with Gasteiger partial charge in [0.2, 0.25) is 0 Å². The Morgan fingerprint density at radius 3 is 1.11 bits per heavy atom. The second-order valence-electron chi connectivity index (χ2n) is 36.2. The van der Waals surface area contributed by atoms with Gasteiger partial charge in [-0.1, -0.05) is 247 Å². The molecular weight excluding hydrogens is 2050 g/mol. The van der Waals surface area contributed by atoms with Gasteiger partial charge in [-0.2, -0.15) is 6.42 Å². The molecule has 0 aliphatic carbocycles. The fourth-order valence-corrected chi connectivity index (χ4v) is 15.2. The van der Waals surface area contributed by atoms with Gasteiger partial charge < -0.3 is 49.9 Å². The molecule has 0 amide bonds. The van der Waals surface area contributed by atoms with Gasteiger partial charge in [0.1, 0.15) is 47.3 Å². The third-order valence-corrected chi connectivity index (χ3v) is 24.9. The van der Waals surface area contributed by atoms with E-state index in [1.54, 1.807) is 42.7 Å². The van der Waals surface area contributed by atoms with Crippen molar-refractivity contribution in [2.24, 2.45) is 0 Å². The van der Waals surface area contributed by atoms with Crippen LogP contribution in [-0.4, -0.2) is 125 Å². The Bertz CT molecular complexity index is 5560. The van der Waals surface area contributed by atoms with E-state index in [0.717, 1.165) is 97.1 Å². The van der Waals surface area contributed by atoms with Crippen molar-refractivity contribution < 1.29 is 63.3 Å². The third kappa shape index (κ3) is 43.3. The molecule has 13 rings (SSSR count). The summed E-state index contributed by atoms with van der Waals surface area (Å²) in [5, 5.41) is 25.8. The number of benzene rings is 7. The monoisotopic (exact) mass is 2170 g/mol. The molecule has 0 bridgehead atoms. The molecule has 130 heavy (non-hydrogen) atoms. The number of rotatable bonds is 12. The van der Waals surface area contributed by atoms with Gasteiger partial charge in [-0.3, -0.25) is 9.97 Å². The van der Waals surface area contributed by atoms with E-state index in [1.807, 2.05) is 127 Å². The van der Waals surface area contributed by atoms with Gasteiger partial charge >= 0.3 is 48.1 Å². The van der Waals surface area contributed by atoms with Gasteiger partial charge in [0.15, 0.2) is 0 Å². The maximum Gasteiger partial charge on any atom is 1.00 e. The topological polar surface area (TPSA) is 168 Å². The van der Waals surface area contributed by atoms with E-state index in [9.17, 15) is 0 Å². The summed E-state index contributed by atoms with van der Waals surface area (Å²) in [5.74, 6) is 13.6. The summed E-state index contributed by atoms with van der Waals surface area (Å²) in [6.07, 6.45) is 9.70. The minimum Gasteiger partial charge on any atom is -0.537 e. The Morgan fingerprint density at radius 1 is 0.446 bits per heavy atom. The summed E-state index contributed by atoms with van der Waals surface area (Å²) in [7, 11) is -6.95. The summed E-state index contributed by atoms with van der Waals surface area (Å²) in [6.45, 7) is 52.9. The van der Waals surface area contributed by atoms with Crippen LogP contribution in [0.3, 0.4) is 0 Å². The standard InChI is InChI=1S/C28H32BNO2Si.C22H20BrNSi.C16H16BrNSi.C11H14BO2Si.C9H19BO3.C6H6BBrO2.C5H3BrIN.C4H9.2CH4.Li.H2/c1-27(2)28(3,4)32-29(31-27)25-10-8-9-24(19-25)26-20-23(15-17-30-26)22-13-11-21(12-14-22)16-18-33(5,6)7;1-25(2,3)14-12-17-7-9-18(10-8-17)19-11-13-24-22(16-19)20-5-4-6-21(23)15-20;1-19(2,3)11-9-13-4-6-14(7-5-13)15-8-10-18-16(17)12-15;1-15(2,3)9-8-10-4-6-11(7-5-10)14-12-13;1-7(2)11-10-12-8(3,4)9(5,6)13-10;8-6-3-1-2-5(4-6)7(9)10;6-5-3-4(7)1-2-8-5;1-3-4-2;;;;/h8-15,17,19-20H,1-7H3;4-11,13,15-16H,1-3H3;4-8,10,12H,1-3H3;4-7,13H,1-3H3;7H,1-6H3;1-4,9-10H;1-3H;1,3-4H2,2H3;2*1H4;;1H/q;;;;;;;-1;;;+1;/i;;;;;;;;;;;1+1. The molecule has 0 spiro atoms. The average Bonchev–Trinajstić information content (AvgIpc) is 1.61. The molecule has 679 valence electrons. The molecule has 2 fully saturated rings. The minimum atomic E-state index is -1.38. The van der Waals surface area contributed by atoms with E-state index in [2.05, 4.69) is 387 Å². The molecule has 2 saturated heterocycles. The fraction of sp³-hybridized carbons (Fsp3) is 0.311. The molecule has 2 aliphatic heterocycles. The quantitative estimate of drug-likeness (QED) is 0.0348. The Balaban J connectivity index is 0.000000533. The first-order valence-corrected chi connectivity index (χ1v) is 60.3. The van der Waals surface area contributed by atoms with Crippen molar-refractivity contribution in [2.75, 3.05) is 0 Å². The zero-order valence-electron chi connectivity index (χ0n) is 78.6. The Labute approximate surface area is 846 Å². The molecule has 13 nitrogen and oxygen atoms in total. The molecule has 3 N–H and O–H groups in total. The summed E-state index contributed by atoms with van der Waals surface area (Å²) in [6, 6.07) is 72.3. The largest absolute Gasteiger partial charge is 1.00 e. The Kier molecular flexibility index (Phi) is 49.9. The van der Waals surface area contributed by atoms with E-state index in [0.29, 0.717) is 18.9 Å². The van der Waals surface area contributed by atoms with Gasteiger partial charge in [0.25, 0.3) is 0 Å². The van der Waals surface area contributed by atoms with Crippen LogP contribution in [0, 0.1) is 56.4 Å². The van der Waals surface area contributed by atoms with Crippen LogP contribution in [0.4, 0.5) is 0 Å². The zero-order valence-corrected chi connectivity index (χ0v) is 91.1. The van der Waals surface area contributed by atoms with Crippen molar-refractivity contribution in [3.05, 3.63) is 294 Å². The van der Waals surface area contributed by atoms with Crippen LogP contribution in [0.5, 0.6) is 5.75 Å². The van der Waals surface area contributed by atoms with Crippen LogP contribution in [0.25, 0.3) is 55.9 Å². The molecule has 1 radical (unpaired) electrons. The predicted molar refractivity (Wildman–Crippen MR) is 584 cm³/mol. The minimum absolute atomic E-state index is 0. The molecule has 11 aromatic rings. The number of hydrogen-bond donors (Lipinski definition) is 3. The summed E-state index contributed by atoms with van der Waals surface area (Å²) >= 11 is 15.6. The Hall–Kier alpha value is -6.77. The van der Waals surface area contributed by atoms with Crippen LogP contribution in [-0.2, 0) is 23.3 Å². The van der Waals surface area contributed by atoms with Crippen LogP contribution in [0.15, 0.2) is 261 Å². The summed E-state index contributed by atoms with van der Waals surface area (Å²) < 4.78 is 38.8. The second kappa shape index (κ2) is 55.3.